The highest BCUT2D eigenvalue weighted by Crippen LogP contribution is 2.23. The lowest BCUT2D eigenvalue weighted by Gasteiger charge is -2.12. The van der Waals surface area contributed by atoms with Crippen molar-refractivity contribution in [3.05, 3.63) is 47.5 Å². The molecular weight excluding hydrogens is 262 g/mol. The fourth-order valence-corrected chi connectivity index (χ4v) is 2.06. The Morgan fingerprint density at radius 1 is 1.42 bits per heavy atom. The van der Waals surface area contributed by atoms with E-state index in [0.717, 1.165) is 35.8 Å². The van der Waals surface area contributed by atoms with Crippen molar-refractivity contribution in [3.63, 3.8) is 0 Å². The molecule has 0 saturated heterocycles. The molecule has 1 N–H and O–H groups in total. The van der Waals surface area contributed by atoms with Crippen molar-refractivity contribution in [1.29, 1.82) is 0 Å². The molecule has 1 aromatic carbocycles. The lowest BCUT2D eigenvalue weighted by molar-refractivity contribution is 0.298. The molecular formula is C14H18ClN3O. The van der Waals surface area contributed by atoms with Crippen LogP contribution in [0.5, 0.6) is 5.75 Å². The van der Waals surface area contributed by atoms with Crippen LogP contribution in [0.1, 0.15) is 12.0 Å². The SMILES string of the molecule is CNCc1cc(Cl)ccc1OCCCn1ccnc1. The van der Waals surface area contributed by atoms with Crippen LogP contribution in [-0.4, -0.2) is 23.2 Å². The number of aryl methyl sites for hydroxylation is 1. The molecule has 0 amide bonds. The van der Waals surface area contributed by atoms with E-state index >= 15 is 0 Å². The Bertz CT molecular complexity index is 499. The summed E-state index contributed by atoms with van der Waals surface area (Å²) in [5, 5.41) is 3.85. The van der Waals surface area contributed by atoms with Gasteiger partial charge in [0.2, 0.25) is 0 Å². The first kappa shape index (κ1) is 13.9. The summed E-state index contributed by atoms with van der Waals surface area (Å²) < 4.78 is 7.85. The highest BCUT2D eigenvalue weighted by Gasteiger charge is 2.04. The first-order valence-corrected chi connectivity index (χ1v) is 6.69. The molecule has 0 aliphatic carbocycles. The van der Waals surface area contributed by atoms with E-state index in [-0.39, 0.29) is 0 Å². The van der Waals surface area contributed by atoms with Crippen molar-refractivity contribution in [2.24, 2.45) is 0 Å². The van der Waals surface area contributed by atoms with E-state index in [1.54, 1.807) is 6.20 Å². The van der Waals surface area contributed by atoms with Gasteiger partial charge in [-0.2, -0.15) is 0 Å². The van der Waals surface area contributed by atoms with E-state index in [0.29, 0.717) is 6.61 Å². The Kier molecular flexibility index (Phi) is 5.24. The molecule has 0 fully saturated rings. The van der Waals surface area contributed by atoms with Gasteiger partial charge in [0.05, 0.1) is 12.9 Å². The number of aromatic nitrogens is 2. The van der Waals surface area contributed by atoms with E-state index in [1.165, 1.54) is 0 Å². The van der Waals surface area contributed by atoms with Gasteiger partial charge in [0.1, 0.15) is 5.75 Å². The van der Waals surface area contributed by atoms with Gasteiger partial charge in [0.25, 0.3) is 0 Å². The third-order valence-electron chi connectivity index (χ3n) is 2.77. The van der Waals surface area contributed by atoms with Crippen LogP contribution in [0.3, 0.4) is 0 Å². The second-order valence-electron chi connectivity index (χ2n) is 4.28. The largest absolute Gasteiger partial charge is 0.493 e. The fourth-order valence-electron chi connectivity index (χ4n) is 1.87. The number of rotatable bonds is 7. The van der Waals surface area contributed by atoms with Gasteiger partial charge in [-0.25, -0.2) is 4.98 Å². The first-order valence-electron chi connectivity index (χ1n) is 6.31. The maximum absolute atomic E-state index is 5.99. The van der Waals surface area contributed by atoms with Gasteiger partial charge >= 0.3 is 0 Å². The normalized spacial score (nSPS) is 10.6. The van der Waals surface area contributed by atoms with Gasteiger partial charge in [0.15, 0.2) is 0 Å². The number of imidazole rings is 1. The zero-order valence-electron chi connectivity index (χ0n) is 11.0. The third-order valence-corrected chi connectivity index (χ3v) is 3.00. The summed E-state index contributed by atoms with van der Waals surface area (Å²) >= 11 is 5.99. The number of hydrogen-bond donors (Lipinski definition) is 1. The molecule has 0 spiro atoms. The molecule has 0 aliphatic rings. The molecule has 0 atom stereocenters. The molecule has 0 aliphatic heterocycles. The summed E-state index contributed by atoms with van der Waals surface area (Å²) in [5.41, 5.74) is 1.08. The summed E-state index contributed by atoms with van der Waals surface area (Å²) in [6, 6.07) is 5.71. The van der Waals surface area contributed by atoms with Crippen molar-refractivity contribution in [1.82, 2.24) is 14.9 Å². The summed E-state index contributed by atoms with van der Waals surface area (Å²) in [4.78, 5) is 4.01. The summed E-state index contributed by atoms with van der Waals surface area (Å²) in [6.07, 6.45) is 6.49. The summed E-state index contributed by atoms with van der Waals surface area (Å²) in [7, 11) is 1.91. The van der Waals surface area contributed by atoms with E-state index in [1.807, 2.05) is 42.3 Å². The molecule has 19 heavy (non-hydrogen) atoms. The zero-order valence-corrected chi connectivity index (χ0v) is 11.7. The van der Waals surface area contributed by atoms with Crippen molar-refractivity contribution in [2.45, 2.75) is 19.5 Å². The van der Waals surface area contributed by atoms with Gasteiger partial charge in [-0.1, -0.05) is 11.6 Å². The lowest BCUT2D eigenvalue weighted by atomic mass is 10.2. The molecule has 2 rings (SSSR count). The summed E-state index contributed by atoms with van der Waals surface area (Å²) in [6.45, 7) is 2.34. The standard InChI is InChI=1S/C14H18ClN3O/c1-16-10-12-9-13(15)3-4-14(12)19-8-2-6-18-7-5-17-11-18/h3-5,7,9,11,16H,2,6,8,10H2,1H3. The predicted octanol–water partition coefficient (Wildman–Crippen LogP) is 2.73. The van der Waals surface area contributed by atoms with E-state index in [4.69, 9.17) is 16.3 Å². The molecule has 0 radical (unpaired) electrons. The van der Waals surface area contributed by atoms with Crippen molar-refractivity contribution < 1.29 is 4.74 Å². The van der Waals surface area contributed by atoms with E-state index < -0.39 is 0 Å². The number of nitrogens with one attached hydrogen (secondary N) is 1. The van der Waals surface area contributed by atoms with Crippen LogP contribution in [0.15, 0.2) is 36.9 Å². The van der Waals surface area contributed by atoms with Gasteiger partial charge in [-0.3, -0.25) is 0 Å². The molecule has 5 heteroatoms. The number of hydrogen-bond acceptors (Lipinski definition) is 3. The minimum Gasteiger partial charge on any atom is -0.493 e. The smallest absolute Gasteiger partial charge is 0.123 e. The lowest BCUT2D eigenvalue weighted by Crippen LogP contribution is -2.09. The van der Waals surface area contributed by atoms with Crippen LogP contribution in [-0.2, 0) is 13.1 Å². The number of nitrogens with zero attached hydrogens (tertiary/aromatic N) is 2. The minimum absolute atomic E-state index is 0.677. The molecule has 2 aromatic rings. The van der Waals surface area contributed by atoms with Crippen LogP contribution in [0, 0.1) is 0 Å². The average molecular weight is 280 g/mol. The van der Waals surface area contributed by atoms with Gasteiger partial charge < -0.3 is 14.6 Å². The summed E-state index contributed by atoms with van der Waals surface area (Å²) in [5.74, 6) is 0.893. The number of halogens is 1. The Morgan fingerprint density at radius 2 is 2.32 bits per heavy atom. The first-order chi connectivity index (χ1) is 9.29. The molecule has 1 aromatic heterocycles. The minimum atomic E-state index is 0.677. The van der Waals surface area contributed by atoms with Crippen LogP contribution in [0.4, 0.5) is 0 Å². The third kappa shape index (κ3) is 4.26. The average Bonchev–Trinajstić information content (AvgIpc) is 2.90. The predicted molar refractivity (Wildman–Crippen MR) is 76.6 cm³/mol. The van der Waals surface area contributed by atoms with Crippen molar-refractivity contribution >= 4 is 11.6 Å². The Labute approximate surface area is 118 Å². The Balaban J connectivity index is 1.84. The Morgan fingerprint density at radius 3 is 3.05 bits per heavy atom. The van der Waals surface area contributed by atoms with E-state index in [2.05, 4.69) is 10.3 Å². The topological polar surface area (TPSA) is 39.1 Å². The quantitative estimate of drug-likeness (QED) is 0.792. The molecule has 1 heterocycles. The maximum atomic E-state index is 5.99. The zero-order chi connectivity index (χ0) is 13.5. The molecule has 0 saturated carbocycles. The van der Waals surface area contributed by atoms with E-state index in [9.17, 15) is 0 Å². The highest BCUT2D eigenvalue weighted by atomic mass is 35.5. The highest BCUT2D eigenvalue weighted by molar-refractivity contribution is 6.30. The molecule has 102 valence electrons. The van der Waals surface area contributed by atoms with Gasteiger partial charge in [0, 0.05) is 36.1 Å². The maximum Gasteiger partial charge on any atom is 0.123 e. The second kappa shape index (κ2) is 7.16. The molecule has 0 unspecified atom stereocenters. The van der Waals surface area contributed by atoms with Gasteiger partial charge in [-0.15, -0.1) is 0 Å². The van der Waals surface area contributed by atoms with Crippen LogP contribution >= 0.6 is 11.6 Å². The van der Waals surface area contributed by atoms with Crippen LogP contribution in [0.2, 0.25) is 5.02 Å². The second-order valence-corrected chi connectivity index (χ2v) is 4.72. The number of ether oxygens (including phenoxy) is 1. The van der Waals surface area contributed by atoms with Gasteiger partial charge in [-0.05, 0) is 31.7 Å². The molecule has 4 nitrogen and oxygen atoms in total. The van der Waals surface area contributed by atoms with Crippen molar-refractivity contribution in [2.75, 3.05) is 13.7 Å². The number of benzene rings is 1. The fraction of sp³-hybridized carbons (Fsp3) is 0.357. The molecule has 0 bridgehead atoms. The van der Waals surface area contributed by atoms with Crippen LogP contribution < -0.4 is 10.1 Å². The monoisotopic (exact) mass is 279 g/mol. The Hall–Kier alpha value is -1.52. The van der Waals surface area contributed by atoms with Crippen LogP contribution in [0.25, 0.3) is 0 Å². The van der Waals surface area contributed by atoms with Crippen molar-refractivity contribution in [3.8, 4) is 5.75 Å².